The molecule has 0 aliphatic rings. The van der Waals surface area contributed by atoms with Gasteiger partial charge in [-0.2, -0.15) is 0 Å². The van der Waals surface area contributed by atoms with E-state index in [1.54, 1.807) is 0 Å². The van der Waals surface area contributed by atoms with E-state index in [2.05, 4.69) is 23.6 Å². The summed E-state index contributed by atoms with van der Waals surface area (Å²) in [5.41, 5.74) is 0. The predicted octanol–water partition coefficient (Wildman–Crippen LogP) is -2.21. The second-order valence-corrected chi connectivity index (χ2v) is 3.86. The van der Waals surface area contributed by atoms with Crippen LogP contribution in [0.25, 0.3) is 0 Å². The molecule has 1 atom stereocenters. The third-order valence-corrected chi connectivity index (χ3v) is 2.84. The Morgan fingerprint density at radius 3 is 2.57 bits per heavy atom. The SMILES string of the molecule is C=NC(C)C[I-]C. The van der Waals surface area contributed by atoms with Gasteiger partial charge in [0.25, 0.3) is 0 Å². The molecule has 0 amide bonds. The molecule has 0 radical (unpaired) electrons. The van der Waals surface area contributed by atoms with Crippen LogP contribution in [0.15, 0.2) is 4.99 Å². The molecular formula is C5H11IN-. The number of hydrogen-bond donors (Lipinski definition) is 0. The molecule has 2 heteroatoms. The van der Waals surface area contributed by atoms with Crippen molar-refractivity contribution in [2.24, 2.45) is 4.99 Å². The van der Waals surface area contributed by atoms with Gasteiger partial charge in [0.05, 0.1) is 0 Å². The zero-order valence-corrected chi connectivity index (χ0v) is 6.97. The molecule has 1 nitrogen and oxygen atoms in total. The number of alkyl halides is 2. The van der Waals surface area contributed by atoms with Crippen molar-refractivity contribution >= 4 is 6.72 Å². The van der Waals surface area contributed by atoms with Crippen molar-refractivity contribution < 1.29 is 21.2 Å². The number of rotatable bonds is 3. The van der Waals surface area contributed by atoms with Gasteiger partial charge in [-0.1, -0.05) is 0 Å². The number of nitrogens with zero attached hydrogens (tertiary/aromatic N) is 1. The fourth-order valence-corrected chi connectivity index (χ4v) is 1.83. The number of aliphatic imine (C=N–C) groups is 1. The number of halogens is 1. The average molecular weight is 212 g/mol. The topological polar surface area (TPSA) is 12.4 Å². The molecule has 0 aromatic heterocycles. The van der Waals surface area contributed by atoms with E-state index < -0.39 is 0 Å². The van der Waals surface area contributed by atoms with Crippen LogP contribution in [0.1, 0.15) is 6.92 Å². The van der Waals surface area contributed by atoms with Gasteiger partial charge in [0, 0.05) is 0 Å². The molecule has 0 bridgehead atoms. The summed E-state index contributed by atoms with van der Waals surface area (Å²) in [4.78, 5) is 6.12. The Morgan fingerprint density at radius 2 is 2.43 bits per heavy atom. The van der Waals surface area contributed by atoms with Crippen LogP contribution in [0, 0.1) is 0 Å². The molecule has 0 aliphatic heterocycles. The van der Waals surface area contributed by atoms with Gasteiger partial charge in [0.1, 0.15) is 0 Å². The van der Waals surface area contributed by atoms with Crippen LogP contribution < -0.4 is 21.2 Å². The van der Waals surface area contributed by atoms with Gasteiger partial charge in [-0.05, 0) is 0 Å². The first kappa shape index (κ1) is 7.40. The van der Waals surface area contributed by atoms with E-state index in [0.717, 1.165) is 0 Å². The summed E-state index contributed by atoms with van der Waals surface area (Å²) in [6.45, 7) is 5.55. The van der Waals surface area contributed by atoms with Crippen LogP contribution in [-0.4, -0.2) is 22.1 Å². The molecule has 7 heavy (non-hydrogen) atoms. The van der Waals surface area contributed by atoms with Gasteiger partial charge in [0.2, 0.25) is 0 Å². The molecule has 0 heterocycles. The Kier molecular flexibility index (Phi) is 4.82. The molecular weight excluding hydrogens is 201 g/mol. The molecule has 0 fully saturated rings. The summed E-state index contributed by atoms with van der Waals surface area (Å²) in [7, 11) is 0. The average Bonchev–Trinajstić information content (AvgIpc) is 1.68. The molecule has 1 unspecified atom stereocenters. The van der Waals surface area contributed by atoms with Crippen LogP contribution in [0.2, 0.25) is 0 Å². The van der Waals surface area contributed by atoms with E-state index in [1.807, 2.05) is 0 Å². The Labute approximate surface area is 55.5 Å². The van der Waals surface area contributed by atoms with Gasteiger partial charge in [-0.3, -0.25) is 0 Å². The van der Waals surface area contributed by atoms with Gasteiger partial charge >= 0.3 is 55.2 Å². The van der Waals surface area contributed by atoms with Crippen molar-refractivity contribution in [2.75, 3.05) is 9.36 Å². The van der Waals surface area contributed by atoms with E-state index in [1.165, 1.54) is 4.43 Å². The summed E-state index contributed by atoms with van der Waals surface area (Å²) >= 11 is 0.427. The van der Waals surface area contributed by atoms with E-state index >= 15 is 0 Å². The van der Waals surface area contributed by atoms with Crippen LogP contribution in [0.4, 0.5) is 0 Å². The Balaban J connectivity index is 2.98. The third kappa shape index (κ3) is 4.25. The van der Waals surface area contributed by atoms with Crippen LogP contribution >= 0.6 is 0 Å². The van der Waals surface area contributed by atoms with E-state index in [-0.39, 0.29) is 0 Å². The van der Waals surface area contributed by atoms with E-state index in [0.29, 0.717) is 27.2 Å². The van der Waals surface area contributed by atoms with Gasteiger partial charge in [-0.25, -0.2) is 0 Å². The fraction of sp³-hybridized carbons (Fsp3) is 0.800. The first-order valence-electron chi connectivity index (χ1n) is 2.21. The second kappa shape index (κ2) is 4.56. The van der Waals surface area contributed by atoms with E-state index in [9.17, 15) is 0 Å². The minimum atomic E-state index is 0.427. The van der Waals surface area contributed by atoms with Crippen LogP contribution in [0.3, 0.4) is 0 Å². The summed E-state index contributed by atoms with van der Waals surface area (Å²) in [5.74, 6) is 0. The summed E-state index contributed by atoms with van der Waals surface area (Å²) in [5, 5.41) is 0. The minimum absolute atomic E-state index is 0.427. The van der Waals surface area contributed by atoms with Crippen molar-refractivity contribution in [1.82, 2.24) is 0 Å². The first-order chi connectivity index (χ1) is 3.31. The van der Waals surface area contributed by atoms with Gasteiger partial charge in [-0.15, -0.1) is 0 Å². The Morgan fingerprint density at radius 1 is 1.86 bits per heavy atom. The van der Waals surface area contributed by atoms with Crippen LogP contribution in [0.5, 0.6) is 0 Å². The van der Waals surface area contributed by atoms with Gasteiger partial charge < -0.3 is 0 Å². The zero-order valence-electron chi connectivity index (χ0n) is 4.82. The third-order valence-electron chi connectivity index (χ3n) is 0.689. The summed E-state index contributed by atoms with van der Waals surface area (Å²) in [6.07, 6.45) is 0. The standard InChI is InChI=1S/C5H11IN/c1-5(7-3)4-6-2/h5H,3-4H2,1-2H3/q-1. The molecule has 44 valence electrons. The van der Waals surface area contributed by atoms with Gasteiger partial charge in [0.15, 0.2) is 0 Å². The molecule has 0 aromatic rings. The summed E-state index contributed by atoms with van der Waals surface area (Å²) in [6, 6.07) is 0.512. The molecule has 0 aromatic carbocycles. The molecule has 0 rings (SSSR count). The molecule has 0 saturated carbocycles. The molecule has 0 aliphatic carbocycles. The van der Waals surface area contributed by atoms with Crippen molar-refractivity contribution in [1.29, 1.82) is 0 Å². The molecule has 0 saturated heterocycles. The Bertz CT molecular complexity index is 54.0. The van der Waals surface area contributed by atoms with E-state index in [4.69, 9.17) is 0 Å². The monoisotopic (exact) mass is 212 g/mol. The Hall–Kier alpha value is 0.400. The van der Waals surface area contributed by atoms with Crippen LogP contribution in [-0.2, 0) is 0 Å². The van der Waals surface area contributed by atoms with Crippen molar-refractivity contribution in [3.05, 3.63) is 0 Å². The van der Waals surface area contributed by atoms with Crippen molar-refractivity contribution in [3.8, 4) is 0 Å². The second-order valence-electron chi connectivity index (χ2n) is 1.45. The molecule has 0 spiro atoms. The van der Waals surface area contributed by atoms with Crippen molar-refractivity contribution in [3.63, 3.8) is 0 Å². The number of hydrogen-bond acceptors (Lipinski definition) is 1. The first-order valence-corrected chi connectivity index (χ1v) is 5.89. The van der Waals surface area contributed by atoms with Crippen molar-refractivity contribution in [2.45, 2.75) is 13.0 Å². The fourth-order valence-electron chi connectivity index (χ4n) is 0.272. The molecule has 0 N–H and O–H groups in total. The summed E-state index contributed by atoms with van der Waals surface area (Å²) < 4.78 is 1.28. The quantitative estimate of drug-likeness (QED) is 0.286. The predicted molar refractivity (Wildman–Crippen MR) is 29.8 cm³/mol. The maximum atomic E-state index is 3.86. The normalized spacial score (nSPS) is 14.0. The zero-order chi connectivity index (χ0) is 5.70. The maximum absolute atomic E-state index is 3.86.